The molecule has 3 N–H and O–H groups in total. The average molecular weight is 196 g/mol. The van der Waals surface area contributed by atoms with Gasteiger partial charge in [-0.25, -0.2) is 0 Å². The standard InChI is InChI=1S/C11H20N2O/c1-3-7-6-9(7)13-10(14)11(2,12)8-4-5-8/h7-9H,3-6,12H2,1-2H3,(H,13,14). The van der Waals surface area contributed by atoms with Crippen LogP contribution in [0.3, 0.4) is 0 Å². The molecule has 2 rings (SSSR count). The maximum atomic E-state index is 11.8. The molecule has 2 fully saturated rings. The van der Waals surface area contributed by atoms with Gasteiger partial charge >= 0.3 is 0 Å². The highest BCUT2D eigenvalue weighted by atomic mass is 16.2. The number of rotatable bonds is 4. The van der Waals surface area contributed by atoms with Crippen molar-refractivity contribution in [2.24, 2.45) is 17.6 Å². The molecular formula is C11H20N2O. The van der Waals surface area contributed by atoms with Crippen molar-refractivity contribution in [1.29, 1.82) is 0 Å². The summed E-state index contributed by atoms with van der Waals surface area (Å²) in [7, 11) is 0. The van der Waals surface area contributed by atoms with E-state index in [2.05, 4.69) is 12.2 Å². The van der Waals surface area contributed by atoms with Crippen LogP contribution in [0.4, 0.5) is 0 Å². The zero-order valence-electron chi connectivity index (χ0n) is 9.05. The predicted molar refractivity (Wildman–Crippen MR) is 55.6 cm³/mol. The third-order valence-electron chi connectivity index (χ3n) is 3.68. The summed E-state index contributed by atoms with van der Waals surface area (Å²) in [5, 5.41) is 3.05. The highest BCUT2D eigenvalue weighted by molar-refractivity contribution is 5.86. The fourth-order valence-corrected chi connectivity index (χ4v) is 2.07. The summed E-state index contributed by atoms with van der Waals surface area (Å²) in [6.07, 6.45) is 4.53. The molecule has 0 aromatic heterocycles. The van der Waals surface area contributed by atoms with E-state index in [1.54, 1.807) is 0 Å². The van der Waals surface area contributed by atoms with E-state index < -0.39 is 5.54 Å². The number of hydrogen-bond donors (Lipinski definition) is 2. The van der Waals surface area contributed by atoms with Crippen molar-refractivity contribution in [3.8, 4) is 0 Å². The van der Waals surface area contributed by atoms with E-state index in [9.17, 15) is 4.79 Å². The first kappa shape index (κ1) is 9.97. The Balaban J connectivity index is 1.83. The molecule has 0 aromatic carbocycles. The van der Waals surface area contributed by atoms with E-state index >= 15 is 0 Å². The second-order valence-electron chi connectivity index (χ2n) is 5.04. The quantitative estimate of drug-likeness (QED) is 0.705. The first-order valence-electron chi connectivity index (χ1n) is 5.65. The fourth-order valence-electron chi connectivity index (χ4n) is 2.07. The first-order chi connectivity index (χ1) is 6.55. The van der Waals surface area contributed by atoms with Crippen molar-refractivity contribution in [1.82, 2.24) is 5.32 Å². The number of nitrogens with one attached hydrogen (secondary N) is 1. The summed E-state index contributed by atoms with van der Waals surface area (Å²) in [4.78, 5) is 11.8. The highest BCUT2D eigenvalue weighted by Gasteiger charge is 2.46. The van der Waals surface area contributed by atoms with Gasteiger partial charge in [-0.3, -0.25) is 4.79 Å². The van der Waals surface area contributed by atoms with Crippen LogP contribution < -0.4 is 11.1 Å². The maximum Gasteiger partial charge on any atom is 0.240 e. The monoisotopic (exact) mass is 196 g/mol. The Morgan fingerprint density at radius 3 is 2.64 bits per heavy atom. The summed E-state index contributed by atoms with van der Waals surface area (Å²) in [5.41, 5.74) is 5.39. The van der Waals surface area contributed by atoms with Crippen LogP contribution in [0.25, 0.3) is 0 Å². The number of carbonyl (C=O) groups is 1. The van der Waals surface area contributed by atoms with Crippen LogP contribution in [-0.2, 0) is 4.79 Å². The van der Waals surface area contributed by atoms with Gasteiger partial charge in [0.15, 0.2) is 0 Å². The summed E-state index contributed by atoms with van der Waals surface area (Å²) < 4.78 is 0. The molecule has 14 heavy (non-hydrogen) atoms. The lowest BCUT2D eigenvalue weighted by atomic mass is 9.96. The van der Waals surface area contributed by atoms with Gasteiger partial charge in [-0.1, -0.05) is 13.3 Å². The Labute approximate surface area is 85.4 Å². The molecule has 80 valence electrons. The summed E-state index contributed by atoms with van der Waals surface area (Å²) >= 11 is 0. The van der Waals surface area contributed by atoms with E-state index in [0.717, 1.165) is 25.7 Å². The van der Waals surface area contributed by atoms with Crippen molar-refractivity contribution in [2.75, 3.05) is 0 Å². The van der Waals surface area contributed by atoms with Gasteiger partial charge in [0.2, 0.25) is 5.91 Å². The smallest absolute Gasteiger partial charge is 0.240 e. The van der Waals surface area contributed by atoms with E-state index in [0.29, 0.717) is 17.9 Å². The maximum absolute atomic E-state index is 11.8. The van der Waals surface area contributed by atoms with E-state index in [4.69, 9.17) is 5.73 Å². The first-order valence-corrected chi connectivity index (χ1v) is 5.65. The summed E-state index contributed by atoms with van der Waals surface area (Å²) in [5.74, 6) is 1.18. The molecule has 3 heteroatoms. The summed E-state index contributed by atoms with van der Waals surface area (Å²) in [6.45, 7) is 4.03. The van der Waals surface area contributed by atoms with Gasteiger partial charge < -0.3 is 11.1 Å². The Bertz CT molecular complexity index is 246. The fraction of sp³-hybridized carbons (Fsp3) is 0.909. The third-order valence-corrected chi connectivity index (χ3v) is 3.68. The second-order valence-corrected chi connectivity index (χ2v) is 5.04. The van der Waals surface area contributed by atoms with Gasteiger partial charge in [-0.2, -0.15) is 0 Å². The van der Waals surface area contributed by atoms with Crippen LogP contribution in [0, 0.1) is 11.8 Å². The van der Waals surface area contributed by atoms with Crippen LogP contribution in [-0.4, -0.2) is 17.5 Å². The van der Waals surface area contributed by atoms with Crippen molar-refractivity contribution in [3.63, 3.8) is 0 Å². The van der Waals surface area contributed by atoms with Gasteiger partial charge in [0, 0.05) is 6.04 Å². The lowest BCUT2D eigenvalue weighted by Gasteiger charge is -2.23. The molecule has 3 unspecified atom stereocenters. The van der Waals surface area contributed by atoms with Crippen LogP contribution in [0.2, 0.25) is 0 Å². The molecule has 3 atom stereocenters. The van der Waals surface area contributed by atoms with Gasteiger partial charge in [0.1, 0.15) is 0 Å². The van der Waals surface area contributed by atoms with Gasteiger partial charge in [0.05, 0.1) is 5.54 Å². The Morgan fingerprint density at radius 1 is 1.57 bits per heavy atom. The minimum absolute atomic E-state index is 0.0564. The topological polar surface area (TPSA) is 55.1 Å². The van der Waals surface area contributed by atoms with Crippen molar-refractivity contribution < 1.29 is 4.79 Å². The molecule has 0 bridgehead atoms. The third kappa shape index (κ3) is 1.78. The van der Waals surface area contributed by atoms with Gasteiger partial charge in [0.25, 0.3) is 0 Å². The molecule has 0 aliphatic heterocycles. The predicted octanol–water partition coefficient (Wildman–Crippen LogP) is 1.03. The number of amides is 1. The molecule has 0 radical (unpaired) electrons. The molecule has 2 saturated carbocycles. The molecule has 1 amide bonds. The number of carbonyl (C=O) groups excluding carboxylic acids is 1. The highest BCUT2D eigenvalue weighted by Crippen LogP contribution is 2.39. The lowest BCUT2D eigenvalue weighted by molar-refractivity contribution is -0.126. The summed E-state index contributed by atoms with van der Waals surface area (Å²) in [6, 6.07) is 0.411. The van der Waals surface area contributed by atoms with Gasteiger partial charge in [-0.15, -0.1) is 0 Å². The van der Waals surface area contributed by atoms with E-state index in [-0.39, 0.29) is 5.91 Å². The minimum atomic E-state index is -0.624. The van der Waals surface area contributed by atoms with Gasteiger partial charge in [-0.05, 0) is 38.0 Å². The molecule has 3 nitrogen and oxygen atoms in total. The van der Waals surface area contributed by atoms with Crippen molar-refractivity contribution >= 4 is 5.91 Å². The Hall–Kier alpha value is -0.570. The second kappa shape index (κ2) is 3.23. The zero-order chi connectivity index (χ0) is 10.3. The van der Waals surface area contributed by atoms with E-state index in [1.807, 2.05) is 6.92 Å². The molecule has 0 saturated heterocycles. The number of hydrogen-bond acceptors (Lipinski definition) is 2. The molecule has 0 aromatic rings. The zero-order valence-corrected chi connectivity index (χ0v) is 9.05. The molecule has 0 heterocycles. The lowest BCUT2D eigenvalue weighted by Crippen LogP contribution is -2.54. The van der Waals surface area contributed by atoms with E-state index in [1.165, 1.54) is 0 Å². The molecule has 2 aliphatic rings. The van der Waals surface area contributed by atoms with Crippen molar-refractivity contribution in [2.45, 2.75) is 51.1 Å². The molecule has 0 spiro atoms. The average Bonchev–Trinajstić information content (AvgIpc) is 2.99. The van der Waals surface area contributed by atoms with Crippen LogP contribution >= 0.6 is 0 Å². The largest absolute Gasteiger partial charge is 0.351 e. The minimum Gasteiger partial charge on any atom is -0.351 e. The normalized spacial score (nSPS) is 34.8. The molecular weight excluding hydrogens is 176 g/mol. The van der Waals surface area contributed by atoms with Crippen LogP contribution in [0.5, 0.6) is 0 Å². The Morgan fingerprint density at radius 2 is 2.21 bits per heavy atom. The van der Waals surface area contributed by atoms with Crippen molar-refractivity contribution in [3.05, 3.63) is 0 Å². The molecule has 2 aliphatic carbocycles. The number of nitrogens with two attached hydrogens (primary N) is 1. The van der Waals surface area contributed by atoms with Crippen LogP contribution in [0.15, 0.2) is 0 Å². The SMILES string of the molecule is CCC1CC1NC(=O)C(C)(N)C1CC1. The Kier molecular flexibility index (Phi) is 2.30. The van der Waals surface area contributed by atoms with Crippen LogP contribution in [0.1, 0.15) is 39.5 Å².